The molecule has 23 heavy (non-hydrogen) atoms. The maximum absolute atomic E-state index is 12.8. The maximum atomic E-state index is 12.8. The Labute approximate surface area is 137 Å². The van der Waals surface area contributed by atoms with Crippen LogP contribution in [0.5, 0.6) is 5.75 Å². The third-order valence-electron chi connectivity index (χ3n) is 4.20. The number of hydrogen-bond acceptors (Lipinski definition) is 4. The van der Waals surface area contributed by atoms with E-state index in [1.165, 1.54) is 0 Å². The van der Waals surface area contributed by atoms with Crippen molar-refractivity contribution in [3.63, 3.8) is 0 Å². The molecule has 0 radical (unpaired) electrons. The lowest BCUT2D eigenvalue weighted by atomic mass is 10.0. The fourth-order valence-corrected chi connectivity index (χ4v) is 2.87. The van der Waals surface area contributed by atoms with Gasteiger partial charge in [-0.3, -0.25) is 4.90 Å². The molecule has 1 aliphatic heterocycles. The molecule has 0 aromatic heterocycles. The Morgan fingerprint density at radius 3 is 2.09 bits per heavy atom. The van der Waals surface area contributed by atoms with Crippen LogP contribution in [0, 0.1) is 0 Å². The highest BCUT2D eigenvalue weighted by atomic mass is 16.5. The minimum absolute atomic E-state index is 0.216. The van der Waals surface area contributed by atoms with E-state index in [9.17, 15) is 4.79 Å². The molecule has 1 unspecified atom stereocenters. The molecule has 3 rings (SSSR count). The number of likely N-dealkylation sites (N-methyl/N-ethyl adjacent to an activating group) is 1. The molecule has 2 aromatic rings. The van der Waals surface area contributed by atoms with Crippen LogP contribution in [-0.2, 0) is 4.79 Å². The van der Waals surface area contributed by atoms with Crippen LogP contribution in [-0.4, -0.2) is 49.0 Å². The largest absolute Gasteiger partial charge is 0.425 e. The Hall–Kier alpha value is -2.17. The molecule has 4 nitrogen and oxygen atoms in total. The summed E-state index contributed by atoms with van der Waals surface area (Å²) in [6, 6.07) is 18.8. The Bertz CT molecular complexity index is 622. The van der Waals surface area contributed by atoms with E-state index < -0.39 is 0 Å². The molecular weight excluding hydrogens is 288 g/mol. The van der Waals surface area contributed by atoms with Crippen LogP contribution in [0.3, 0.4) is 0 Å². The van der Waals surface area contributed by atoms with Crippen molar-refractivity contribution in [2.24, 2.45) is 0 Å². The van der Waals surface area contributed by atoms with Gasteiger partial charge in [-0.05, 0) is 24.7 Å². The second-order valence-electron chi connectivity index (χ2n) is 5.89. The number of esters is 1. The van der Waals surface area contributed by atoms with E-state index >= 15 is 0 Å². The lowest BCUT2D eigenvalue weighted by Crippen LogP contribution is -2.48. The molecule has 1 heterocycles. The van der Waals surface area contributed by atoms with Crippen molar-refractivity contribution < 1.29 is 9.53 Å². The number of carbonyl (C=O) groups is 1. The van der Waals surface area contributed by atoms with Gasteiger partial charge < -0.3 is 9.64 Å². The van der Waals surface area contributed by atoms with Gasteiger partial charge in [0.25, 0.3) is 0 Å². The lowest BCUT2D eigenvalue weighted by molar-refractivity contribution is -0.141. The quantitative estimate of drug-likeness (QED) is 0.642. The van der Waals surface area contributed by atoms with Gasteiger partial charge >= 0.3 is 5.97 Å². The van der Waals surface area contributed by atoms with Crippen molar-refractivity contribution in [3.8, 4) is 5.75 Å². The minimum atomic E-state index is -0.356. The van der Waals surface area contributed by atoms with Crippen molar-refractivity contribution >= 4 is 5.97 Å². The van der Waals surface area contributed by atoms with Gasteiger partial charge in [-0.15, -0.1) is 0 Å². The average Bonchev–Trinajstić information content (AvgIpc) is 2.59. The summed E-state index contributed by atoms with van der Waals surface area (Å²) in [6.07, 6.45) is 0. The van der Waals surface area contributed by atoms with Crippen LogP contribution in [0.4, 0.5) is 0 Å². The zero-order valence-corrected chi connectivity index (χ0v) is 13.4. The topological polar surface area (TPSA) is 32.8 Å². The third kappa shape index (κ3) is 3.97. The summed E-state index contributed by atoms with van der Waals surface area (Å²) in [5.74, 6) is 0.375. The Morgan fingerprint density at radius 1 is 0.913 bits per heavy atom. The highest BCUT2D eigenvalue weighted by molar-refractivity contribution is 5.80. The average molecular weight is 310 g/mol. The molecule has 0 N–H and O–H groups in total. The number of ether oxygens (including phenoxy) is 1. The number of piperazine rings is 1. The van der Waals surface area contributed by atoms with Crippen molar-refractivity contribution in [1.82, 2.24) is 9.80 Å². The summed E-state index contributed by atoms with van der Waals surface area (Å²) in [4.78, 5) is 17.3. The molecule has 1 aliphatic rings. The van der Waals surface area contributed by atoms with E-state index in [-0.39, 0.29) is 12.0 Å². The number of para-hydroxylation sites is 1. The standard InChI is InChI=1S/C19H22N2O2/c1-20-12-14-21(15-13-20)18(16-8-4-2-5-9-16)19(22)23-17-10-6-3-7-11-17/h2-11,18H,12-15H2,1H3. The first-order valence-corrected chi connectivity index (χ1v) is 7.98. The van der Waals surface area contributed by atoms with Crippen molar-refractivity contribution in [3.05, 3.63) is 66.2 Å². The molecule has 0 saturated carbocycles. The summed E-state index contributed by atoms with van der Waals surface area (Å²) in [5.41, 5.74) is 0.984. The maximum Gasteiger partial charge on any atom is 0.333 e. The fraction of sp³-hybridized carbons (Fsp3) is 0.316. The molecule has 1 saturated heterocycles. The van der Waals surface area contributed by atoms with Gasteiger partial charge in [0.05, 0.1) is 0 Å². The number of benzene rings is 2. The summed E-state index contributed by atoms with van der Waals surface area (Å²) in [5, 5.41) is 0. The van der Waals surface area contributed by atoms with Gasteiger partial charge in [-0.1, -0.05) is 48.5 Å². The molecule has 0 amide bonds. The number of rotatable bonds is 4. The second-order valence-corrected chi connectivity index (χ2v) is 5.89. The molecule has 1 atom stereocenters. The van der Waals surface area contributed by atoms with Crippen LogP contribution in [0.15, 0.2) is 60.7 Å². The second kappa shape index (κ2) is 7.40. The van der Waals surface area contributed by atoms with Crippen LogP contribution in [0.1, 0.15) is 11.6 Å². The molecule has 4 heteroatoms. The highest BCUT2D eigenvalue weighted by Gasteiger charge is 2.31. The zero-order valence-electron chi connectivity index (χ0n) is 13.4. The van der Waals surface area contributed by atoms with Crippen molar-refractivity contribution in [2.75, 3.05) is 33.2 Å². The molecule has 0 bridgehead atoms. The summed E-state index contributed by atoms with van der Waals surface area (Å²) >= 11 is 0. The van der Waals surface area contributed by atoms with Crippen LogP contribution in [0.2, 0.25) is 0 Å². The van der Waals surface area contributed by atoms with Crippen LogP contribution >= 0.6 is 0 Å². The normalized spacial score (nSPS) is 17.6. The Balaban J connectivity index is 1.81. The zero-order chi connectivity index (χ0) is 16.1. The van der Waals surface area contributed by atoms with E-state index in [2.05, 4.69) is 16.8 Å². The van der Waals surface area contributed by atoms with E-state index in [1.807, 2.05) is 60.7 Å². The Morgan fingerprint density at radius 2 is 1.48 bits per heavy atom. The van der Waals surface area contributed by atoms with Crippen LogP contribution in [0.25, 0.3) is 0 Å². The molecule has 120 valence electrons. The van der Waals surface area contributed by atoms with Gasteiger partial charge in [-0.2, -0.15) is 0 Å². The first-order chi connectivity index (χ1) is 11.2. The number of hydrogen-bond donors (Lipinski definition) is 0. The smallest absolute Gasteiger partial charge is 0.333 e. The molecule has 1 fully saturated rings. The lowest BCUT2D eigenvalue weighted by Gasteiger charge is -2.36. The first kappa shape index (κ1) is 15.7. The molecular formula is C19H22N2O2. The fourth-order valence-electron chi connectivity index (χ4n) is 2.87. The molecule has 0 aliphatic carbocycles. The summed E-state index contributed by atoms with van der Waals surface area (Å²) in [6.45, 7) is 3.64. The van der Waals surface area contributed by atoms with E-state index in [0.717, 1.165) is 31.7 Å². The number of carbonyl (C=O) groups excluding carboxylic acids is 1. The minimum Gasteiger partial charge on any atom is -0.425 e. The monoisotopic (exact) mass is 310 g/mol. The predicted octanol–water partition coefficient (Wildman–Crippen LogP) is 2.58. The van der Waals surface area contributed by atoms with Gasteiger partial charge in [0, 0.05) is 26.2 Å². The van der Waals surface area contributed by atoms with Gasteiger partial charge in [0.2, 0.25) is 0 Å². The third-order valence-corrected chi connectivity index (χ3v) is 4.20. The van der Waals surface area contributed by atoms with Gasteiger partial charge in [0.15, 0.2) is 0 Å². The van der Waals surface area contributed by atoms with Crippen molar-refractivity contribution in [2.45, 2.75) is 6.04 Å². The Kier molecular flexibility index (Phi) is 5.05. The van der Waals surface area contributed by atoms with Gasteiger partial charge in [-0.25, -0.2) is 4.79 Å². The van der Waals surface area contributed by atoms with E-state index in [1.54, 1.807) is 0 Å². The number of nitrogens with zero attached hydrogens (tertiary/aromatic N) is 2. The SMILES string of the molecule is CN1CCN(C(C(=O)Oc2ccccc2)c2ccccc2)CC1. The van der Waals surface area contributed by atoms with Crippen LogP contribution < -0.4 is 4.74 Å². The van der Waals surface area contributed by atoms with E-state index in [0.29, 0.717) is 5.75 Å². The molecule has 0 spiro atoms. The van der Waals surface area contributed by atoms with Gasteiger partial charge in [0.1, 0.15) is 11.8 Å². The summed E-state index contributed by atoms with van der Waals surface area (Å²) in [7, 11) is 2.11. The highest BCUT2D eigenvalue weighted by Crippen LogP contribution is 2.24. The van der Waals surface area contributed by atoms with E-state index in [4.69, 9.17) is 4.74 Å². The first-order valence-electron chi connectivity index (χ1n) is 7.98. The predicted molar refractivity (Wildman–Crippen MR) is 90.3 cm³/mol. The van der Waals surface area contributed by atoms with Crippen molar-refractivity contribution in [1.29, 1.82) is 0 Å². The molecule has 2 aromatic carbocycles. The summed E-state index contributed by atoms with van der Waals surface area (Å²) < 4.78 is 5.62.